The van der Waals surface area contributed by atoms with Crippen molar-refractivity contribution in [2.75, 3.05) is 6.61 Å². The Morgan fingerprint density at radius 1 is 0.857 bits per heavy atom. The number of hydrogen-bond acceptors (Lipinski definition) is 3. The van der Waals surface area contributed by atoms with Crippen molar-refractivity contribution >= 4 is 11.9 Å². The Balaban J connectivity index is 3.51. The quantitative estimate of drug-likeness (QED) is 0.128. The number of allylic oxidation sites excluding steroid dienone is 1. The molecule has 164 valence electrons. The standard InChI is InChI=1S/C24H44O4/c1-3-5-6-7-8-9-10-11-12-13-14-15-16-17-18-19-22(21-23(25)26)24(27)28-20-4-2/h3,22H,1,4-21H2,2H3,(H,25,26). The molecule has 0 aliphatic heterocycles. The van der Waals surface area contributed by atoms with Crippen LogP contribution in [-0.4, -0.2) is 23.7 Å². The maximum absolute atomic E-state index is 11.9. The van der Waals surface area contributed by atoms with Crippen LogP contribution in [0, 0.1) is 5.92 Å². The molecule has 0 amide bonds. The molecule has 0 aliphatic rings. The van der Waals surface area contributed by atoms with Crippen LogP contribution in [0.3, 0.4) is 0 Å². The first-order valence-electron chi connectivity index (χ1n) is 11.6. The third kappa shape index (κ3) is 18.1. The lowest BCUT2D eigenvalue weighted by Gasteiger charge is -2.13. The second-order valence-electron chi connectivity index (χ2n) is 7.92. The highest BCUT2D eigenvalue weighted by atomic mass is 16.5. The lowest BCUT2D eigenvalue weighted by molar-refractivity contribution is -0.153. The monoisotopic (exact) mass is 396 g/mol. The summed E-state index contributed by atoms with van der Waals surface area (Å²) in [5.74, 6) is -1.75. The van der Waals surface area contributed by atoms with Gasteiger partial charge in [-0.05, 0) is 25.7 Å². The van der Waals surface area contributed by atoms with Crippen LogP contribution in [0.15, 0.2) is 12.7 Å². The van der Waals surface area contributed by atoms with Gasteiger partial charge in [0.05, 0.1) is 18.9 Å². The van der Waals surface area contributed by atoms with E-state index in [1.165, 1.54) is 70.6 Å². The highest BCUT2D eigenvalue weighted by Gasteiger charge is 2.22. The van der Waals surface area contributed by atoms with Crippen LogP contribution in [-0.2, 0) is 14.3 Å². The number of esters is 1. The molecular formula is C24H44O4. The van der Waals surface area contributed by atoms with Crippen molar-refractivity contribution < 1.29 is 19.4 Å². The van der Waals surface area contributed by atoms with E-state index in [2.05, 4.69) is 6.58 Å². The molecule has 1 atom stereocenters. The van der Waals surface area contributed by atoms with Gasteiger partial charge in [0.15, 0.2) is 0 Å². The average Bonchev–Trinajstić information content (AvgIpc) is 2.67. The molecule has 0 radical (unpaired) electrons. The van der Waals surface area contributed by atoms with Crippen LogP contribution < -0.4 is 0 Å². The van der Waals surface area contributed by atoms with Gasteiger partial charge in [-0.15, -0.1) is 6.58 Å². The Morgan fingerprint density at radius 2 is 1.32 bits per heavy atom. The molecule has 0 saturated carbocycles. The number of rotatable bonds is 21. The fourth-order valence-corrected chi connectivity index (χ4v) is 3.46. The van der Waals surface area contributed by atoms with Gasteiger partial charge in [-0.25, -0.2) is 0 Å². The molecule has 1 unspecified atom stereocenters. The molecule has 0 rings (SSSR count). The fraction of sp³-hybridized carbons (Fsp3) is 0.833. The number of carbonyl (C=O) groups is 2. The Labute approximate surface area is 173 Å². The normalized spacial score (nSPS) is 11.9. The third-order valence-electron chi connectivity index (χ3n) is 5.16. The summed E-state index contributed by atoms with van der Waals surface area (Å²) < 4.78 is 5.12. The van der Waals surface area contributed by atoms with Gasteiger partial charge in [-0.3, -0.25) is 9.59 Å². The van der Waals surface area contributed by atoms with E-state index in [9.17, 15) is 9.59 Å². The molecule has 0 heterocycles. The van der Waals surface area contributed by atoms with Gasteiger partial charge in [-0.1, -0.05) is 90.0 Å². The van der Waals surface area contributed by atoms with Gasteiger partial charge < -0.3 is 9.84 Å². The lowest BCUT2D eigenvalue weighted by atomic mass is 9.97. The van der Waals surface area contributed by atoms with Gasteiger partial charge in [0.2, 0.25) is 0 Å². The molecule has 1 N–H and O–H groups in total. The molecule has 0 spiro atoms. The zero-order valence-electron chi connectivity index (χ0n) is 18.3. The van der Waals surface area contributed by atoms with Crippen molar-refractivity contribution in [3.63, 3.8) is 0 Å². The Kier molecular flexibility index (Phi) is 19.5. The minimum atomic E-state index is -0.921. The summed E-state index contributed by atoms with van der Waals surface area (Å²) in [5.41, 5.74) is 0. The molecule has 4 heteroatoms. The number of carbonyl (C=O) groups excluding carboxylic acids is 1. The lowest BCUT2D eigenvalue weighted by Crippen LogP contribution is -2.21. The number of carboxylic acids is 1. The van der Waals surface area contributed by atoms with Crippen molar-refractivity contribution in [2.45, 2.75) is 116 Å². The second kappa shape index (κ2) is 20.4. The highest BCUT2D eigenvalue weighted by Crippen LogP contribution is 2.18. The van der Waals surface area contributed by atoms with Gasteiger partial charge >= 0.3 is 11.9 Å². The van der Waals surface area contributed by atoms with Crippen molar-refractivity contribution in [3.05, 3.63) is 12.7 Å². The molecular weight excluding hydrogens is 352 g/mol. The van der Waals surface area contributed by atoms with E-state index in [4.69, 9.17) is 9.84 Å². The van der Waals surface area contributed by atoms with E-state index in [-0.39, 0.29) is 12.4 Å². The SMILES string of the molecule is C=CCCCCCCCCCCCCCCCC(CC(=O)O)C(=O)OCCC. The van der Waals surface area contributed by atoms with Crippen LogP contribution in [0.4, 0.5) is 0 Å². The topological polar surface area (TPSA) is 63.6 Å². The van der Waals surface area contributed by atoms with E-state index in [0.717, 1.165) is 25.7 Å². The summed E-state index contributed by atoms with van der Waals surface area (Å²) in [4.78, 5) is 22.9. The molecule has 0 bridgehead atoms. The van der Waals surface area contributed by atoms with Crippen LogP contribution in [0.25, 0.3) is 0 Å². The average molecular weight is 397 g/mol. The van der Waals surface area contributed by atoms with Gasteiger partial charge in [0.25, 0.3) is 0 Å². The Bertz CT molecular complexity index is 392. The predicted molar refractivity (Wildman–Crippen MR) is 116 cm³/mol. The molecule has 0 saturated heterocycles. The van der Waals surface area contributed by atoms with E-state index in [1.54, 1.807) is 0 Å². The van der Waals surface area contributed by atoms with Gasteiger partial charge in [0.1, 0.15) is 0 Å². The fourth-order valence-electron chi connectivity index (χ4n) is 3.46. The summed E-state index contributed by atoms with van der Waals surface area (Å²) in [5, 5.41) is 8.97. The van der Waals surface area contributed by atoms with Crippen molar-refractivity contribution in [1.29, 1.82) is 0 Å². The van der Waals surface area contributed by atoms with E-state index in [1.807, 2.05) is 13.0 Å². The summed E-state index contributed by atoms with van der Waals surface area (Å²) in [6, 6.07) is 0. The van der Waals surface area contributed by atoms with E-state index in [0.29, 0.717) is 13.0 Å². The molecule has 0 aromatic carbocycles. The number of aliphatic carboxylic acids is 1. The van der Waals surface area contributed by atoms with Crippen LogP contribution in [0.1, 0.15) is 116 Å². The predicted octanol–water partition coefficient (Wildman–Crippen LogP) is 7.07. The molecule has 0 fully saturated rings. The smallest absolute Gasteiger partial charge is 0.309 e. The minimum Gasteiger partial charge on any atom is -0.481 e. The maximum atomic E-state index is 11.9. The zero-order valence-corrected chi connectivity index (χ0v) is 18.3. The first-order chi connectivity index (χ1) is 13.6. The first kappa shape index (κ1) is 26.7. The van der Waals surface area contributed by atoms with Crippen molar-refractivity contribution in [1.82, 2.24) is 0 Å². The molecule has 0 aromatic heterocycles. The largest absolute Gasteiger partial charge is 0.481 e. The van der Waals surface area contributed by atoms with Gasteiger partial charge in [0, 0.05) is 0 Å². The molecule has 4 nitrogen and oxygen atoms in total. The van der Waals surface area contributed by atoms with Gasteiger partial charge in [-0.2, -0.15) is 0 Å². The summed E-state index contributed by atoms with van der Waals surface area (Å²) in [6.07, 6.45) is 20.9. The molecule has 28 heavy (non-hydrogen) atoms. The summed E-state index contributed by atoms with van der Waals surface area (Å²) in [7, 11) is 0. The number of unbranched alkanes of at least 4 members (excludes halogenated alkanes) is 13. The maximum Gasteiger partial charge on any atom is 0.309 e. The summed E-state index contributed by atoms with van der Waals surface area (Å²) >= 11 is 0. The number of ether oxygens (including phenoxy) is 1. The Morgan fingerprint density at radius 3 is 1.75 bits per heavy atom. The zero-order chi connectivity index (χ0) is 20.9. The van der Waals surface area contributed by atoms with Crippen molar-refractivity contribution in [3.8, 4) is 0 Å². The van der Waals surface area contributed by atoms with Crippen LogP contribution in [0.2, 0.25) is 0 Å². The van der Waals surface area contributed by atoms with Crippen LogP contribution in [0.5, 0.6) is 0 Å². The molecule has 0 aromatic rings. The number of carboxylic acid groups (broad SMARTS) is 1. The Hall–Kier alpha value is -1.32. The van der Waals surface area contributed by atoms with Crippen LogP contribution >= 0.6 is 0 Å². The van der Waals surface area contributed by atoms with Crippen molar-refractivity contribution in [2.24, 2.45) is 5.92 Å². The number of hydrogen-bond donors (Lipinski definition) is 1. The minimum absolute atomic E-state index is 0.114. The summed E-state index contributed by atoms with van der Waals surface area (Å²) in [6.45, 7) is 6.07. The van der Waals surface area contributed by atoms with E-state index >= 15 is 0 Å². The highest BCUT2D eigenvalue weighted by molar-refractivity contribution is 5.79. The second-order valence-corrected chi connectivity index (χ2v) is 7.92. The first-order valence-corrected chi connectivity index (χ1v) is 11.6. The third-order valence-corrected chi connectivity index (χ3v) is 5.16. The molecule has 0 aliphatic carbocycles. The van der Waals surface area contributed by atoms with E-state index < -0.39 is 11.9 Å².